The van der Waals surface area contributed by atoms with Gasteiger partial charge in [-0.15, -0.1) is 5.10 Å². The Morgan fingerprint density at radius 3 is 2.76 bits per heavy atom. The summed E-state index contributed by atoms with van der Waals surface area (Å²) in [7, 11) is 0. The summed E-state index contributed by atoms with van der Waals surface area (Å²) in [6, 6.07) is 2.55. The molecule has 1 heterocycles. The van der Waals surface area contributed by atoms with Crippen LogP contribution in [0.2, 0.25) is 0 Å². The zero-order chi connectivity index (χ0) is 12.4. The number of benzene rings is 1. The second-order valence-corrected chi connectivity index (χ2v) is 3.48. The van der Waals surface area contributed by atoms with Crippen molar-refractivity contribution in [2.24, 2.45) is 5.73 Å². The Morgan fingerprint density at radius 2 is 2.12 bits per heavy atom. The minimum Gasteiger partial charge on any atom is -0.406 e. The average molecular weight is 240 g/mol. The average Bonchev–Trinajstić information content (AvgIpc) is 2.72. The quantitative estimate of drug-likeness (QED) is 0.859. The second kappa shape index (κ2) is 4.46. The van der Waals surface area contributed by atoms with Crippen LogP contribution in [0.25, 0.3) is 0 Å². The van der Waals surface area contributed by atoms with Gasteiger partial charge in [0.2, 0.25) is 5.89 Å². The van der Waals surface area contributed by atoms with Gasteiger partial charge in [-0.1, -0.05) is 5.10 Å². The van der Waals surface area contributed by atoms with Gasteiger partial charge in [-0.25, -0.2) is 8.78 Å². The number of nitrogens with one attached hydrogen (secondary N) is 1. The molecule has 0 aliphatic rings. The molecule has 17 heavy (non-hydrogen) atoms. The highest BCUT2D eigenvalue weighted by atomic mass is 19.1. The van der Waals surface area contributed by atoms with Crippen LogP contribution in [0.5, 0.6) is 0 Å². The fourth-order valence-corrected chi connectivity index (χ4v) is 1.18. The van der Waals surface area contributed by atoms with Crippen molar-refractivity contribution in [3.05, 3.63) is 35.7 Å². The first-order valence-corrected chi connectivity index (χ1v) is 4.87. The monoisotopic (exact) mass is 240 g/mol. The summed E-state index contributed by atoms with van der Waals surface area (Å²) in [4.78, 5) is 0. The standard InChI is InChI=1S/C10H10F2N4O/c1-5(13)9-15-16-10(17-9)14-8-4-6(11)2-3-7(8)12/h2-5H,13H2,1H3,(H,14,16). The number of nitrogens with two attached hydrogens (primary N) is 1. The van der Waals surface area contributed by atoms with Gasteiger partial charge < -0.3 is 15.5 Å². The van der Waals surface area contributed by atoms with Crippen LogP contribution in [0.15, 0.2) is 22.6 Å². The molecule has 1 unspecified atom stereocenters. The van der Waals surface area contributed by atoms with E-state index >= 15 is 0 Å². The molecule has 5 nitrogen and oxygen atoms in total. The predicted molar refractivity (Wildman–Crippen MR) is 56.5 cm³/mol. The molecule has 0 spiro atoms. The Kier molecular flexibility index (Phi) is 3.01. The van der Waals surface area contributed by atoms with Gasteiger partial charge in [-0.2, -0.15) is 0 Å². The first-order valence-electron chi connectivity index (χ1n) is 4.87. The Bertz CT molecular complexity index is 527. The lowest BCUT2D eigenvalue weighted by Gasteiger charge is -2.02. The van der Waals surface area contributed by atoms with Crippen LogP contribution in [0.4, 0.5) is 20.5 Å². The molecule has 0 saturated heterocycles. The van der Waals surface area contributed by atoms with Crippen molar-refractivity contribution >= 4 is 11.7 Å². The summed E-state index contributed by atoms with van der Waals surface area (Å²) in [5.74, 6) is -0.975. The van der Waals surface area contributed by atoms with E-state index in [1.54, 1.807) is 6.92 Å². The molecule has 1 aromatic heterocycles. The van der Waals surface area contributed by atoms with Gasteiger partial charge in [0.05, 0.1) is 11.7 Å². The molecule has 0 fully saturated rings. The van der Waals surface area contributed by atoms with E-state index in [0.29, 0.717) is 0 Å². The first kappa shape index (κ1) is 11.5. The smallest absolute Gasteiger partial charge is 0.320 e. The fraction of sp³-hybridized carbons (Fsp3) is 0.200. The molecular weight excluding hydrogens is 230 g/mol. The van der Waals surface area contributed by atoms with Gasteiger partial charge in [0, 0.05) is 6.07 Å². The Morgan fingerprint density at radius 1 is 1.35 bits per heavy atom. The summed E-state index contributed by atoms with van der Waals surface area (Å²) in [5, 5.41) is 9.73. The van der Waals surface area contributed by atoms with Crippen LogP contribution < -0.4 is 11.1 Å². The van der Waals surface area contributed by atoms with E-state index < -0.39 is 17.7 Å². The van der Waals surface area contributed by atoms with Crippen LogP contribution in [0.1, 0.15) is 18.9 Å². The topological polar surface area (TPSA) is 77.0 Å². The number of rotatable bonds is 3. The summed E-state index contributed by atoms with van der Waals surface area (Å²) < 4.78 is 31.3. The molecule has 2 rings (SSSR count). The van der Waals surface area contributed by atoms with Crippen LogP contribution in [-0.2, 0) is 0 Å². The zero-order valence-corrected chi connectivity index (χ0v) is 8.95. The fourth-order valence-electron chi connectivity index (χ4n) is 1.18. The number of hydrogen-bond acceptors (Lipinski definition) is 5. The molecule has 90 valence electrons. The van der Waals surface area contributed by atoms with Gasteiger partial charge in [0.15, 0.2) is 0 Å². The highest BCUT2D eigenvalue weighted by molar-refractivity contribution is 5.52. The first-order chi connectivity index (χ1) is 8.06. The SMILES string of the molecule is CC(N)c1nnc(Nc2cc(F)ccc2F)o1. The van der Waals surface area contributed by atoms with E-state index in [-0.39, 0.29) is 17.6 Å². The molecule has 0 radical (unpaired) electrons. The predicted octanol–water partition coefficient (Wildman–Crippen LogP) is 2.11. The Hall–Kier alpha value is -2.02. The normalized spacial score (nSPS) is 12.5. The molecule has 3 N–H and O–H groups in total. The summed E-state index contributed by atoms with van der Waals surface area (Å²) in [5.41, 5.74) is 5.44. The van der Waals surface area contributed by atoms with Gasteiger partial charge >= 0.3 is 6.01 Å². The lowest BCUT2D eigenvalue weighted by molar-refractivity contribution is 0.475. The number of nitrogens with zero attached hydrogens (tertiary/aromatic N) is 2. The molecule has 0 bridgehead atoms. The molecule has 0 aliphatic heterocycles. The second-order valence-electron chi connectivity index (χ2n) is 3.48. The maximum atomic E-state index is 13.3. The van der Waals surface area contributed by atoms with E-state index in [4.69, 9.17) is 10.2 Å². The van der Waals surface area contributed by atoms with E-state index in [1.165, 1.54) is 0 Å². The van der Waals surface area contributed by atoms with Gasteiger partial charge in [0.1, 0.15) is 11.6 Å². The highest BCUT2D eigenvalue weighted by Crippen LogP contribution is 2.21. The third-order valence-corrected chi connectivity index (χ3v) is 2.00. The van der Waals surface area contributed by atoms with Gasteiger partial charge in [0.25, 0.3) is 0 Å². The minimum absolute atomic E-state index is 0.0400. The molecule has 2 aromatic rings. The van der Waals surface area contributed by atoms with Crippen LogP contribution in [0.3, 0.4) is 0 Å². The lowest BCUT2D eigenvalue weighted by atomic mass is 10.3. The molecule has 0 amide bonds. The number of aromatic nitrogens is 2. The van der Waals surface area contributed by atoms with Crippen molar-refractivity contribution in [2.45, 2.75) is 13.0 Å². The van der Waals surface area contributed by atoms with Crippen molar-refractivity contribution < 1.29 is 13.2 Å². The third-order valence-electron chi connectivity index (χ3n) is 2.00. The molecule has 7 heteroatoms. The summed E-state index contributed by atoms with van der Waals surface area (Å²) >= 11 is 0. The van der Waals surface area contributed by atoms with Crippen LogP contribution >= 0.6 is 0 Å². The van der Waals surface area contributed by atoms with Gasteiger partial charge in [-0.3, -0.25) is 0 Å². The Labute approximate surface area is 95.6 Å². The molecule has 0 aliphatic carbocycles. The minimum atomic E-state index is -0.619. The number of halogens is 2. The Balaban J connectivity index is 2.22. The van der Waals surface area contributed by atoms with Gasteiger partial charge in [-0.05, 0) is 19.1 Å². The van der Waals surface area contributed by atoms with E-state index in [1.807, 2.05) is 0 Å². The molecule has 0 saturated carbocycles. The van der Waals surface area contributed by atoms with Crippen molar-refractivity contribution in [1.82, 2.24) is 10.2 Å². The molecule has 1 atom stereocenters. The van der Waals surface area contributed by atoms with Crippen molar-refractivity contribution in [2.75, 3.05) is 5.32 Å². The number of hydrogen-bond donors (Lipinski definition) is 2. The highest BCUT2D eigenvalue weighted by Gasteiger charge is 2.11. The number of anilines is 2. The third kappa shape index (κ3) is 2.56. The van der Waals surface area contributed by atoms with Crippen LogP contribution in [0, 0.1) is 11.6 Å². The molecular formula is C10H10F2N4O. The largest absolute Gasteiger partial charge is 0.406 e. The van der Waals surface area contributed by atoms with Crippen LogP contribution in [-0.4, -0.2) is 10.2 Å². The van der Waals surface area contributed by atoms with Crippen molar-refractivity contribution in [3.8, 4) is 0 Å². The maximum Gasteiger partial charge on any atom is 0.320 e. The van der Waals surface area contributed by atoms with E-state index in [0.717, 1.165) is 18.2 Å². The van der Waals surface area contributed by atoms with E-state index in [9.17, 15) is 8.78 Å². The summed E-state index contributed by atoms with van der Waals surface area (Å²) in [6.45, 7) is 1.67. The van der Waals surface area contributed by atoms with Crippen molar-refractivity contribution in [1.29, 1.82) is 0 Å². The zero-order valence-electron chi connectivity index (χ0n) is 8.95. The van der Waals surface area contributed by atoms with Crippen molar-refractivity contribution in [3.63, 3.8) is 0 Å². The maximum absolute atomic E-state index is 13.3. The summed E-state index contributed by atoms with van der Waals surface area (Å²) in [6.07, 6.45) is 0. The van der Waals surface area contributed by atoms with E-state index in [2.05, 4.69) is 15.5 Å². The lowest BCUT2D eigenvalue weighted by Crippen LogP contribution is -2.04. The molecule has 1 aromatic carbocycles.